The van der Waals surface area contributed by atoms with Crippen LogP contribution >= 0.6 is 0 Å². The Hall–Kier alpha value is -4.39. The second kappa shape index (κ2) is 9.82. The lowest BCUT2D eigenvalue weighted by Crippen LogP contribution is -2.42. The number of anilines is 2. The van der Waals surface area contributed by atoms with Gasteiger partial charge in [0.05, 0.1) is 6.20 Å². The number of halogens is 1. The largest absolute Gasteiger partial charge is 0.324 e. The fraction of sp³-hybridized carbons (Fsp3) is 0.0769. The van der Waals surface area contributed by atoms with Crippen molar-refractivity contribution in [3.05, 3.63) is 120 Å². The van der Waals surface area contributed by atoms with Gasteiger partial charge in [-0.1, -0.05) is 48.0 Å². The maximum Gasteiger partial charge on any atom is 0.279 e. The number of aryl methyl sites for hydroxylation is 1. The Bertz CT molecular complexity index is 1230. The van der Waals surface area contributed by atoms with Crippen LogP contribution < -0.4 is 10.2 Å². The van der Waals surface area contributed by atoms with Crippen LogP contribution in [0.3, 0.4) is 0 Å². The van der Waals surface area contributed by atoms with Crippen LogP contribution in [0.4, 0.5) is 15.8 Å². The highest BCUT2D eigenvalue weighted by Crippen LogP contribution is 2.30. The number of hydrogen-bond acceptors (Lipinski definition) is 4. The van der Waals surface area contributed by atoms with Crippen molar-refractivity contribution in [1.82, 2.24) is 9.97 Å². The average Bonchev–Trinajstić information content (AvgIpc) is 2.85. The Balaban J connectivity index is 1.82. The lowest BCUT2D eigenvalue weighted by atomic mass is 10.0. The van der Waals surface area contributed by atoms with Crippen LogP contribution in [0.15, 0.2) is 97.5 Å². The molecule has 6 nitrogen and oxygen atoms in total. The van der Waals surface area contributed by atoms with Crippen molar-refractivity contribution in [3.8, 4) is 0 Å². The van der Waals surface area contributed by atoms with Crippen molar-refractivity contribution in [2.45, 2.75) is 13.0 Å². The van der Waals surface area contributed by atoms with E-state index in [0.717, 1.165) is 5.56 Å². The summed E-state index contributed by atoms with van der Waals surface area (Å²) >= 11 is 0. The molecule has 0 fully saturated rings. The van der Waals surface area contributed by atoms with Gasteiger partial charge in [-0.15, -0.1) is 0 Å². The van der Waals surface area contributed by atoms with E-state index in [4.69, 9.17) is 0 Å². The van der Waals surface area contributed by atoms with E-state index in [2.05, 4.69) is 15.3 Å². The van der Waals surface area contributed by atoms with Gasteiger partial charge in [0.2, 0.25) is 0 Å². The maximum atomic E-state index is 13.6. The molecular weight excluding hydrogens is 419 g/mol. The predicted molar refractivity (Wildman–Crippen MR) is 124 cm³/mol. The molecule has 1 heterocycles. The molecule has 2 amide bonds. The van der Waals surface area contributed by atoms with E-state index in [9.17, 15) is 14.0 Å². The third-order valence-electron chi connectivity index (χ3n) is 5.05. The summed E-state index contributed by atoms with van der Waals surface area (Å²) in [7, 11) is 0. The minimum atomic E-state index is -1.02. The fourth-order valence-electron chi connectivity index (χ4n) is 3.42. The number of amides is 2. The van der Waals surface area contributed by atoms with E-state index in [1.807, 2.05) is 37.3 Å². The van der Waals surface area contributed by atoms with Gasteiger partial charge in [-0.3, -0.25) is 19.5 Å². The summed E-state index contributed by atoms with van der Waals surface area (Å²) in [4.78, 5) is 36.8. The molecule has 0 aliphatic heterocycles. The summed E-state index contributed by atoms with van der Waals surface area (Å²) in [5.74, 6) is -1.34. The molecule has 33 heavy (non-hydrogen) atoms. The van der Waals surface area contributed by atoms with Crippen molar-refractivity contribution in [2.75, 3.05) is 10.2 Å². The van der Waals surface area contributed by atoms with Crippen molar-refractivity contribution in [2.24, 2.45) is 0 Å². The Morgan fingerprint density at radius 2 is 1.61 bits per heavy atom. The standard InChI is InChI=1S/C26H21FN4O2/c1-18-7-9-19(10-8-18)24(25(32)30-21-13-11-20(27)12-14-21)31(22-5-3-2-4-6-22)26(33)23-17-28-15-16-29-23/h2-17,24H,1H3,(H,30,32)/t24-/m0/s1. The molecule has 164 valence electrons. The molecular formula is C26H21FN4O2. The molecule has 7 heteroatoms. The third kappa shape index (κ3) is 5.10. The molecule has 0 spiro atoms. The quantitative estimate of drug-likeness (QED) is 0.460. The van der Waals surface area contributed by atoms with Crippen molar-refractivity contribution in [1.29, 1.82) is 0 Å². The number of benzene rings is 3. The van der Waals surface area contributed by atoms with E-state index in [0.29, 0.717) is 16.9 Å². The zero-order chi connectivity index (χ0) is 23.2. The summed E-state index contributed by atoms with van der Waals surface area (Å²) in [6, 6.07) is 20.7. The Labute approximate surface area is 190 Å². The van der Waals surface area contributed by atoms with Crippen LogP contribution in [0.25, 0.3) is 0 Å². The molecule has 0 aliphatic rings. The molecule has 0 aliphatic carbocycles. The van der Waals surface area contributed by atoms with Crippen LogP contribution in [0.1, 0.15) is 27.7 Å². The molecule has 0 unspecified atom stereocenters. The second-order valence-electron chi connectivity index (χ2n) is 7.41. The van der Waals surface area contributed by atoms with Crippen molar-refractivity contribution in [3.63, 3.8) is 0 Å². The van der Waals surface area contributed by atoms with Gasteiger partial charge in [0.25, 0.3) is 11.8 Å². The normalized spacial score (nSPS) is 11.5. The number of aromatic nitrogens is 2. The summed E-state index contributed by atoms with van der Waals surface area (Å²) in [6.45, 7) is 1.94. The monoisotopic (exact) mass is 440 g/mol. The van der Waals surface area contributed by atoms with Gasteiger partial charge in [0.1, 0.15) is 17.6 Å². The SMILES string of the molecule is Cc1ccc([C@@H](C(=O)Nc2ccc(F)cc2)N(C(=O)c2cnccn2)c2ccccc2)cc1. The van der Waals surface area contributed by atoms with Gasteiger partial charge in [0.15, 0.2) is 0 Å². The van der Waals surface area contributed by atoms with Crippen molar-refractivity contribution >= 4 is 23.2 Å². The molecule has 0 bridgehead atoms. The lowest BCUT2D eigenvalue weighted by molar-refractivity contribution is -0.117. The molecule has 1 atom stereocenters. The molecule has 3 aromatic carbocycles. The minimum absolute atomic E-state index is 0.105. The highest BCUT2D eigenvalue weighted by atomic mass is 19.1. The topological polar surface area (TPSA) is 75.2 Å². The van der Waals surface area contributed by atoms with Gasteiger partial charge in [0, 0.05) is 23.8 Å². The predicted octanol–water partition coefficient (Wildman–Crippen LogP) is 4.95. The summed E-state index contributed by atoms with van der Waals surface area (Å²) in [5.41, 5.74) is 2.67. The molecule has 0 saturated heterocycles. The first-order chi connectivity index (χ1) is 16.0. The highest BCUT2D eigenvalue weighted by Gasteiger charge is 2.34. The Morgan fingerprint density at radius 3 is 2.24 bits per heavy atom. The summed E-state index contributed by atoms with van der Waals surface area (Å²) in [6.07, 6.45) is 4.26. The number of carbonyl (C=O) groups is 2. The van der Waals surface area contributed by atoms with Crippen LogP contribution in [0.5, 0.6) is 0 Å². The number of rotatable bonds is 6. The Morgan fingerprint density at radius 1 is 0.909 bits per heavy atom. The van der Waals surface area contributed by atoms with Gasteiger partial charge in [-0.2, -0.15) is 0 Å². The molecule has 4 rings (SSSR count). The fourth-order valence-corrected chi connectivity index (χ4v) is 3.42. The first kappa shape index (κ1) is 21.8. The zero-order valence-electron chi connectivity index (χ0n) is 17.9. The van der Waals surface area contributed by atoms with Crippen LogP contribution in [0, 0.1) is 12.7 Å². The van der Waals surface area contributed by atoms with Crippen LogP contribution in [-0.4, -0.2) is 21.8 Å². The van der Waals surface area contributed by atoms with Gasteiger partial charge >= 0.3 is 0 Å². The van der Waals surface area contributed by atoms with E-state index in [1.165, 1.54) is 47.8 Å². The van der Waals surface area contributed by atoms with Gasteiger partial charge in [-0.05, 0) is 48.9 Å². The van der Waals surface area contributed by atoms with E-state index in [1.54, 1.807) is 24.3 Å². The number of hydrogen-bond donors (Lipinski definition) is 1. The van der Waals surface area contributed by atoms with Gasteiger partial charge in [-0.25, -0.2) is 9.37 Å². The number of nitrogens with zero attached hydrogens (tertiary/aromatic N) is 3. The second-order valence-corrected chi connectivity index (χ2v) is 7.41. The summed E-state index contributed by atoms with van der Waals surface area (Å²) in [5, 5.41) is 2.80. The van der Waals surface area contributed by atoms with E-state index in [-0.39, 0.29) is 5.69 Å². The van der Waals surface area contributed by atoms with Crippen LogP contribution in [-0.2, 0) is 4.79 Å². The molecule has 0 radical (unpaired) electrons. The first-order valence-electron chi connectivity index (χ1n) is 10.3. The summed E-state index contributed by atoms with van der Waals surface area (Å²) < 4.78 is 13.4. The average molecular weight is 440 g/mol. The van der Waals surface area contributed by atoms with Gasteiger partial charge < -0.3 is 5.32 Å². The van der Waals surface area contributed by atoms with Crippen molar-refractivity contribution < 1.29 is 14.0 Å². The number of para-hydroxylation sites is 1. The minimum Gasteiger partial charge on any atom is -0.324 e. The number of nitrogens with one attached hydrogen (secondary N) is 1. The molecule has 1 N–H and O–H groups in total. The number of carbonyl (C=O) groups excluding carboxylic acids is 2. The highest BCUT2D eigenvalue weighted by molar-refractivity contribution is 6.11. The molecule has 0 saturated carbocycles. The molecule has 1 aromatic heterocycles. The Kier molecular flexibility index (Phi) is 6.50. The lowest BCUT2D eigenvalue weighted by Gasteiger charge is -2.31. The van der Waals surface area contributed by atoms with E-state index >= 15 is 0 Å². The maximum absolute atomic E-state index is 13.6. The molecule has 4 aromatic rings. The third-order valence-corrected chi connectivity index (χ3v) is 5.05. The van der Waals surface area contributed by atoms with E-state index < -0.39 is 23.7 Å². The smallest absolute Gasteiger partial charge is 0.279 e. The zero-order valence-corrected chi connectivity index (χ0v) is 17.9. The first-order valence-corrected chi connectivity index (χ1v) is 10.3. The van der Waals surface area contributed by atoms with Crippen LogP contribution in [0.2, 0.25) is 0 Å².